The third-order valence-electron chi connectivity index (χ3n) is 3.88. The van der Waals surface area contributed by atoms with E-state index in [9.17, 15) is 4.79 Å². The third-order valence-corrected chi connectivity index (χ3v) is 5.14. The summed E-state index contributed by atoms with van der Waals surface area (Å²) < 4.78 is 0. The second-order valence-corrected chi connectivity index (χ2v) is 7.09. The molecule has 1 unspecified atom stereocenters. The summed E-state index contributed by atoms with van der Waals surface area (Å²) in [6.45, 7) is 1.51. The number of amides is 1. The molecule has 124 valence electrons. The summed E-state index contributed by atoms with van der Waals surface area (Å²) in [5.41, 5.74) is 1.92. The fourth-order valence-corrected chi connectivity index (χ4v) is 3.72. The van der Waals surface area contributed by atoms with Crippen LogP contribution >= 0.6 is 23.4 Å². The molecule has 0 saturated carbocycles. The van der Waals surface area contributed by atoms with Crippen molar-refractivity contribution in [1.82, 2.24) is 10.2 Å². The highest BCUT2D eigenvalue weighted by Crippen LogP contribution is 2.25. The van der Waals surface area contributed by atoms with Gasteiger partial charge in [-0.05, 0) is 41.7 Å². The molecular weight excluding hydrogens is 340 g/mol. The molecule has 1 amide bonds. The number of halogens is 1. The van der Waals surface area contributed by atoms with Crippen LogP contribution in [0.3, 0.4) is 0 Å². The summed E-state index contributed by atoms with van der Waals surface area (Å²) in [5.74, 6) is -0.0297. The monoisotopic (exact) mass is 358 g/mol. The van der Waals surface area contributed by atoms with Crippen LogP contribution in [0.25, 0.3) is 0 Å². The smallest absolute Gasteiger partial charge is 0.251 e. The molecule has 5 heteroatoms. The lowest BCUT2D eigenvalue weighted by molar-refractivity contribution is 0.0949. The van der Waals surface area contributed by atoms with E-state index in [-0.39, 0.29) is 11.3 Å². The van der Waals surface area contributed by atoms with Gasteiger partial charge in [0.25, 0.3) is 5.91 Å². The predicted molar refractivity (Wildman–Crippen MR) is 101 cm³/mol. The van der Waals surface area contributed by atoms with Gasteiger partial charge in [0.1, 0.15) is 0 Å². The van der Waals surface area contributed by atoms with Crippen molar-refractivity contribution in [1.29, 1.82) is 0 Å². The Bertz CT molecular complexity index is 720. The molecule has 0 fully saturated rings. The first kappa shape index (κ1) is 16.9. The second kappa shape index (κ2) is 8.27. The molecule has 1 atom stereocenters. The summed E-state index contributed by atoms with van der Waals surface area (Å²) >= 11 is 7.76. The molecule has 3 rings (SSSR count). The summed E-state index contributed by atoms with van der Waals surface area (Å²) in [7, 11) is 0. The molecule has 24 heavy (non-hydrogen) atoms. The van der Waals surface area contributed by atoms with Gasteiger partial charge in [0.05, 0.1) is 5.37 Å². The van der Waals surface area contributed by atoms with E-state index < -0.39 is 0 Å². The minimum Gasteiger partial charge on any atom is -0.363 e. The first-order chi connectivity index (χ1) is 11.7. The summed E-state index contributed by atoms with van der Waals surface area (Å²) in [6.07, 6.45) is 3.02. The number of benzene rings is 2. The summed E-state index contributed by atoms with van der Waals surface area (Å²) in [6, 6.07) is 17.3. The van der Waals surface area contributed by atoms with Crippen molar-refractivity contribution in [3.05, 3.63) is 82.4 Å². The molecule has 1 N–H and O–H groups in total. The minimum atomic E-state index is -0.0297. The van der Waals surface area contributed by atoms with E-state index in [4.69, 9.17) is 11.6 Å². The van der Waals surface area contributed by atoms with E-state index in [1.807, 2.05) is 48.5 Å². The number of carbonyl (C=O) groups is 1. The van der Waals surface area contributed by atoms with Crippen LogP contribution in [0.15, 0.2) is 66.2 Å². The Hall–Kier alpha value is -1.91. The molecule has 0 radical (unpaired) electrons. The van der Waals surface area contributed by atoms with E-state index >= 15 is 0 Å². The standard InChI is InChI=1S/C19H19ClN2OS/c20-17-8-4-5-15(13-17)9-10-22-11-12-24-18(22)14-21-19(23)16-6-2-1-3-7-16/h1-8,11-13,18H,9-10,14H2,(H,21,23). The number of hydrogen-bond acceptors (Lipinski definition) is 3. The fourth-order valence-electron chi connectivity index (χ4n) is 2.58. The molecule has 1 heterocycles. The molecular formula is C19H19ClN2OS. The van der Waals surface area contributed by atoms with E-state index in [1.165, 1.54) is 5.56 Å². The Morgan fingerprint density at radius 2 is 2.00 bits per heavy atom. The second-order valence-electron chi connectivity index (χ2n) is 5.57. The number of hydrogen-bond donors (Lipinski definition) is 1. The van der Waals surface area contributed by atoms with Crippen LogP contribution in [0, 0.1) is 0 Å². The Kier molecular flexibility index (Phi) is 5.83. The number of nitrogens with zero attached hydrogens (tertiary/aromatic N) is 1. The first-order valence-electron chi connectivity index (χ1n) is 7.88. The van der Waals surface area contributed by atoms with Crippen molar-refractivity contribution in [2.45, 2.75) is 11.8 Å². The van der Waals surface area contributed by atoms with Crippen molar-refractivity contribution in [2.75, 3.05) is 13.1 Å². The minimum absolute atomic E-state index is 0.0297. The van der Waals surface area contributed by atoms with Gasteiger partial charge in [-0.15, -0.1) is 11.8 Å². The number of thioether (sulfide) groups is 1. The van der Waals surface area contributed by atoms with E-state index in [0.29, 0.717) is 12.1 Å². The van der Waals surface area contributed by atoms with Gasteiger partial charge >= 0.3 is 0 Å². The fraction of sp³-hybridized carbons (Fsp3) is 0.211. The molecule has 3 nitrogen and oxygen atoms in total. The molecule has 1 aliphatic rings. The number of rotatable bonds is 6. The summed E-state index contributed by atoms with van der Waals surface area (Å²) in [4.78, 5) is 14.4. The first-order valence-corrected chi connectivity index (χ1v) is 9.20. The Balaban J connectivity index is 1.50. The van der Waals surface area contributed by atoms with Crippen molar-refractivity contribution < 1.29 is 4.79 Å². The molecule has 1 aliphatic heterocycles. The zero-order valence-corrected chi connectivity index (χ0v) is 14.8. The topological polar surface area (TPSA) is 32.3 Å². The van der Waals surface area contributed by atoms with Crippen molar-refractivity contribution in [3.63, 3.8) is 0 Å². The molecule has 0 saturated heterocycles. The van der Waals surface area contributed by atoms with Gasteiger partial charge in [0.2, 0.25) is 0 Å². The quantitative estimate of drug-likeness (QED) is 0.841. The summed E-state index contributed by atoms with van der Waals surface area (Å²) in [5, 5.41) is 6.10. The van der Waals surface area contributed by atoms with Gasteiger partial charge in [-0.3, -0.25) is 4.79 Å². The van der Waals surface area contributed by atoms with Gasteiger partial charge in [-0.25, -0.2) is 0 Å². The average Bonchev–Trinajstić information content (AvgIpc) is 3.06. The lowest BCUT2D eigenvalue weighted by Gasteiger charge is -2.25. The van der Waals surface area contributed by atoms with E-state index in [2.05, 4.69) is 27.9 Å². The lowest BCUT2D eigenvalue weighted by atomic mass is 10.1. The van der Waals surface area contributed by atoms with Gasteiger partial charge in [0.15, 0.2) is 0 Å². The van der Waals surface area contributed by atoms with Crippen LogP contribution in [0.1, 0.15) is 15.9 Å². The van der Waals surface area contributed by atoms with Crippen LogP contribution in [-0.4, -0.2) is 29.3 Å². The van der Waals surface area contributed by atoms with Crippen LogP contribution in [0.5, 0.6) is 0 Å². The van der Waals surface area contributed by atoms with Gasteiger partial charge in [0, 0.05) is 29.9 Å². The SMILES string of the molecule is O=C(NCC1SC=CN1CCc1cccc(Cl)c1)c1ccccc1. The maximum Gasteiger partial charge on any atom is 0.251 e. The van der Waals surface area contributed by atoms with Gasteiger partial charge in [-0.1, -0.05) is 41.9 Å². The maximum atomic E-state index is 12.2. The average molecular weight is 359 g/mol. The molecule has 0 aliphatic carbocycles. The Labute approximate surface area is 151 Å². The van der Waals surface area contributed by atoms with Gasteiger partial charge in [-0.2, -0.15) is 0 Å². The Morgan fingerprint density at radius 3 is 2.79 bits per heavy atom. The zero-order valence-electron chi connectivity index (χ0n) is 13.2. The van der Waals surface area contributed by atoms with Crippen LogP contribution < -0.4 is 5.32 Å². The highest BCUT2D eigenvalue weighted by molar-refractivity contribution is 8.02. The molecule has 0 aromatic heterocycles. The highest BCUT2D eigenvalue weighted by Gasteiger charge is 2.20. The third kappa shape index (κ3) is 4.56. The normalized spacial score (nSPS) is 16.4. The van der Waals surface area contributed by atoms with E-state index in [1.54, 1.807) is 11.8 Å². The Morgan fingerprint density at radius 1 is 1.17 bits per heavy atom. The van der Waals surface area contributed by atoms with Gasteiger partial charge < -0.3 is 10.2 Å². The van der Waals surface area contributed by atoms with Crippen molar-refractivity contribution in [2.24, 2.45) is 0 Å². The van der Waals surface area contributed by atoms with Crippen LogP contribution in [0.4, 0.5) is 0 Å². The predicted octanol–water partition coefficient (Wildman–Crippen LogP) is 4.16. The van der Waals surface area contributed by atoms with Crippen molar-refractivity contribution in [3.8, 4) is 0 Å². The number of nitrogens with one attached hydrogen (secondary N) is 1. The highest BCUT2D eigenvalue weighted by atomic mass is 35.5. The molecule has 2 aromatic carbocycles. The maximum absolute atomic E-state index is 12.2. The van der Waals surface area contributed by atoms with E-state index in [0.717, 1.165) is 18.0 Å². The molecule has 2 aromatic rings. The van der Waals surface area contributed by atoms with Crippen LogP contribution in [0.2, 0.25) is 5.02 Å². The molecule has 0 spiro atoms. The number of carbonyl (C=O) groups excluding carboxylic acids is 1. The van der Waals surface area contributed by atoms with Crippen LogP contribution in [-0.2, 0) is 6.42 Å². The molecule has 0 bridgehead atoms. The zero-order chi connectivity index (χ0) is 16.8. The lowest BCUT2D eigenvalue weighted by Crippen LogP contribution is -2.38. The largest absolute Gasteiger partial charge is 0.363 e. The van der Waals surface area contributed by atoms with Crippen molar-refractivity contribution >= 4 is 29.3 Å².